The highest BCUT2D eigenvalue weighted by atomic mass is 19.1. The normalized spacial score (nSPS) is 12.0. The topological polar surface area (TPSA) is 42.0 Å². The van der Waals surface area contributed by atoms with E-state index in [0.29, 0.717) is 0 Å². The molecule has 1 amide bonds. The van der Waals surface area contributed by atoms with Gasteiger partial charge in [0.05, 0.1) is 6.04 Å². The molecule has 1 aromatic carbocycles. The third-order valence-electron chi connectivity index (χ3n) is 3.24. The second-order valence-corrected chi connectivity index (χ2v) is 4.92. The Bertz CT molecular complexity index is 640. The van der Waals surface area contributed by atoms with Crippen LogP contribution in [-0.2, 0) is 0 Å². The maximum atomic E-state index is 13.0. The number of nitrogens with zero attached hydrogens (tertiary/aromatic N) is 1. The molecule has 3 nitrogen and oxygen atoms in total. The largest absolute Gasteiger partial charge is 0.346 e. The third kappa shape index (κ3) is 3.20. The van der Waals surface area contributed by atoms with E-state index in [9.17, 15) is 9.18 Å². The molecular weight excluding hydrogens is 255 g/mol. The van der Waals surface area contributed by atoms with Crippen LogP contribution in [0.2, 0.25) is 0 Å². The molecule has 1 unspecified atom stereocenters. The van der Waals surface area contributed by atoms with Crippen LogP contribution in [0, 0.1) is 19.8 Å². The van der Waals surface area contributed by atoms with Gasteiger partial charge in [0.25, 0.3) is 5.91 Å². The highest BCUT2D eigenvalue weighted by molar-refractivity contribution is 5.94. The van der Waals surface area contributed by atoms with E-state index in [0.717, 1.165) is 22.8 Å². The van der Waals surface area contributed by atoms with Gasteiger partial charge in [0.15, 0.2) is 0 Å². The first-order valence-corrected chi connectivity index (χ1v) is 6.47. The quantitative estimate of drug-likeness (QED) is 0.871. The van der Waals surface area contributed by atoms with Crippen molar-refractivity contribution in [2.75, 3.05) is 0 Å². The molecule has 2 rings (SSSR count). The maximum Gasteiger partial charge on any atom is 0.251 e. The fourth-order valence-corrected chi connectivity index (χ4v) is 2.13. The molecule has 1 N–H and O–H groups in total. The lowest BCUT2D eigenvalue weighted by Gasteiger charge is -2.17. The lowest BCUT2D eigenvalue weighted by molar-refractivity contribution is 0.0939. The summed E-state index contributed by atoms with van der Waals surface area (Å²) in [6.07, 6.45) is 1.28. The third-order valence-corrected chi connectivity index (χ3v) is 3.24. The van der Waals surface area contributed by atoms with E-state index in [1.165, 1.54) is 12.3 Å². The van der Waals surface area contributed by atoms with Crippen LogP contribution in [-0.4, -0.2) is 10.9 Å². The molecule has 20 heavy (non-hydrogen) atoms. The van der Waals surface area contributed by atoms with Gasteiger partial charge in [0, 0.05) is 17.8 Å². The molecule has 0 saturated heterocycles. The lowest BCUT2D eigenvalue weighted by Crippen LogP contribution is -2.27. The summed E-state index contributed by atoms with van der Waals surface area (Å²) < 4.78 is 13.0. The van der Waals surface area contributed by atoms with Gasteiger partial charge in [0.2, 0.25) is 5.95 Å². The molecule has 0 fully saturated rings. The van der Waals surface area contributed by atoms with E-state index in [4.69, 9.17) is 0 Å². The van der Waals surface area contributed by atoms with Crippen LogP contribution in [0.3, 0.4) is 0 Å². The molecule has 104 valence electrons. The van der Waals surface area contributed by atoms with E-state index in [-0.39, 0.29) is 17.5 Å². The van der Waals surface area contributed by atoms with Gasteiger partial charge in [-0.25, -0.2) is 4.98 Å². The SMILES string of the molecule is Cc1ccc(C)c(C(C)NC(=O)c2ccnc(F)c2)c1. The average Bonchev–Trinajstić information content (AvgIpc) is 2.41. The number of pyridine rings is 1. The zero-order valence-corrected chi connectivity index (χ0v) is 11.8. The van der Waals surface area contributed by atoms with Crippen molar-refractivity contribution in [1.29, 1.82) is 0 Å². The van der Waals surface area contributed by atoms with Crippen LogP contribution in [0.25, 0.3) is 0 Å². The minimum absolute atomic E-state index is 0.140. The Morgan fingerprint density at radius 2 is 2.00 bits per heavy atom. The number of halogens is 1. The van der Waals surface area contributed by atoms with Gasteiger partial charge in [-0.3, -0.25) is 4.79 Å². The second-order valence-electron chi connectivity index (χ2n) is 4.92. The molecule has 0 aliphatic rings. The van der Waals surface area contributed by atoms with Gasteiger partial charge in [-0.15, -0.1) is 0 Å². The van der Waals surface area contributed by atoms with Crippen LogP contribution in [0.15, 0.2) is 36.5 Å². The summed E-state index contributed by atoms with van der Waals surface area (Å²) in [5.74, 6) is -0.961. The minimum Gasteiger partial charge on any atom is -0.346 e. The summed E-state index contributed by atoms with van der Waals surface area (Å²) in [7, 11) is 0. The number of hydrogen-bond donors (Lipinski definition) is 1. The number of nitrogens with one attached hydrogen (secondary N) is 1. The monoisotopic (exact) mass is 272 g/mol. The molecule has 1 heterocycles. The van der Waals surface area contributed by atoms with Gasteiger partial charge in [-0.1, -0.05) is 23.8 Å². The highest BCUT2D eigenvalue weighted by Crippen LogP contribution is 2.19. The standard InChI is InChI=1S/C16H17FN2O/c1-10-4-5-11(2)14(8-10)12(3)19-16(20)13-6-7-18-15(17)9-13/h4-9,12H,1-3H3,(H,19,20). The molecule has 0 saturated carbocycles. The Kier molecular flexibility index (Phi) is 4.13. The molecule has 0 radical (unpaired) electrons. The zero-order chi connectivity index (χ0) is 14.7. The average molecular weight is 272 g/mol. The van der Waals surface area contributed by atoms with E-state index >= 15 is 0 Å². The summed E-state index contributed by atoms with van der Waals surface area (Å²) in [5.41, 5.74) is 3.59. The van der Waals surface area contributed by atoms with Crippen LogP contribution in [0.4, 0.5) is 4.39 Å². The highest BCUT2D eigenvalue weighted by Gasteiger charge is 2.14. The van der Waals surface area contributed by atoms with Gasteiger partial charge in [-0.2, -0.15) is 4.39 Å². The number of carbonyl (C=O) groups is 1. The van der Waals surface area contributed by atoms with Crippen molar-refractivity contribution in [3.05, 3.63) is 64.7 Å². The number of rotatable bonds is 3. The predicted octanol–water partition coefficient (Wildman–Crippen LogP) is 3.33. The molecule has 1 atom stereocenters. The first-order valence-electron chi connectivity index (χ1n) is 6.47. The Balaban J connectivity index is 2.17. The van der Waals surface area contributed by atoms with Crippen molar-refractivity contribution in [3.8, 4) is 0 Å². The summed E-state index contributed by atoms with van der Waals surface area (Å²) in [4.78, 5) is 15.5. The Morgan fingerprint density at radius 3 is 2.70 bits per heavy atom. The lowest BCUT2D eigenvalue weighted by atomic mass is 10.00. The first-order chi connectivity index (χ1) is 9.47. The van der Waals surface area contributed by atoms with E-state index in [1.54, 1.807) is 0 Å². The fourth-order valence-electron chi connectivity index (χ4n) is 2.13. The number of hydrogen-bond acceptors (Lipinski definition) is 2. The van der Waals surface area contributed by atoms with Crippen molar-refractivity contribution in [1.82, 2.24) is 10.3 Å². The van der Waals surface area contributed by atoms with Gasteiger partial charge in [0.1, 0.15) is 0 Å². The molecule has 0 bridgehead atoms. The fraction of sp³-hybridized carbons (Fsp3) is 0.250. The summed E-state index contributed by atoms with van der Waals surface area (Å²) >= 11 is 0. The Hall–Kier alpha value is -2.23. The molecular formula is C16H17FN2O. The van der Waals surface area contributed by atoms with Crippen LogP contribution >= 0.6 is 0 Å². The number of amides is 1. The second kappa shape index (κ2) is 5.82. The van der Waals surface area contributed by atoms with E-state index in [1.807, 2.05) is 39.0 Å². The maximum absolute atomic E-state index is 13.0. The van der Waals surface area contributed by atoms with Crippen molar-refractivity contribution in [2.24, 2.45) is 0 Å². The number of aryl methyl sites for hydroxylation is 2. The van der Waals surface area contributed by atoms with E-state index < -0.39 is 5.95 Å². The Labute approximate surface area is 117 Å². The summed E-state index contributed by atoms with van der Waals surface area (Å²) in [6, 6.07) is 8.59. The van der Waals surface area contributed by atoms with Crippen LogP contribution < -0.4 is 5.32 Å². The van der Waals surface area contributed by atoms with Crippen molar-refractivity contribution in [3.63, 3.8) is 0 Å². The van der Waals surface area contributed by atoms with Crippen molar-refractivity contribution < 1.29 is 9.18 Å². The van der Waals surface area contributed by atoms with Gasteiger partial charge >= 0.3 is 0 Å². The minimum atomic E-state index is -0.656. The van der Waals surface area contributed by atoms with Gasteiger partial charge < -0.3 is 5.32 Å². The molecule has 1 aromatic heterocycles. The van der Waals surface area contributed by atoms with Crippen LogP contribution in [0.5, 0.6) is 0 Å². The predicted molar refractivity (Wildman–Crippen MR) is 76.0 cm³/mol. The molecule has 0 spiro atoms. The first kappa shape index (κ1) is 14.2. The Morgan fingerprint density at radius 1 is 1.25 bits per heavy atom. The van der Waals surface area contributed by atoms with E-state index in [2.05, 4.69) is 10.3 Å². The van der Waals surface area contributed by atoms with Crippen molar-refractivity contribution in [2.45, 2.75) is 26.8 Å². The number of benzene rings is 1. The van der Waals surface area contributed by atoms with Crippen LogP contribution in [0.1, 0.15) is 40.0 Å². The van der Waals surface area contributed by atoms with Gasteiger partial charge in [-0.05, 0) is 38.0 Å². The molecule has 0 aliphatic heterocycles. The molecule has 0 aliphatic carbocycles. The number of aromatic nitrogens is 1. The molecule has 2 aromatic rings. The van der Waals surface area contributed by atoms with Crippen molar-refractivity contribution >= 4 is 5.91 Å². The summed E-state index contributed by atoms with van der Waals surface area (Å²) in [6.45, 7) is 5.93. The zero-order valence-electron chi connectivity index (χ0n) is 11.8. The number of carbonyl (C=O) groups excluding carboxylic acids is 1. The molecule has 4 heteroatoms. The summed E-state index contributed by atoms with van der Waals surface area (Å²) in [5, 5.41) is 2.87. The smallest absolute Gasteiger partial charge is 0.251 e.